The van der Waals surface area contributed by atoms with Crippen molar-refractivity contribution in [3.05, 3.63) is 52.8 Å². The summed E-state index contributed by atoms with van der Waals surface area (Å²) in [5, 5.41) is 8.96. The molecule has 0 bridgehead atoms. The average molecular weight is 486 g/mol. The van der Waals surface area contributed by atoms with E-state index in [1.165, 1.54) is 6.33 Å². The van der Waals surface area contributed by atoms with Crippen molar-refractivity contribution in [2.24, 2.45) is 7.05 Å². The van der Waals surface area contributed by atoms with Gasteiger partial charge in [0.25, 0.3) is 0 Å². The summed E-state index contributed by atoms with van der Waals surface area (Å²) in [6.45, 7) is 1.77. The molecule has 1 unspecified atom stereocenters. The summed E-state index contributed by atoms with van der Waals surface area (Å²) in [5.74, 6) is 1.85. The van der Waals surface area contributed by atoms with Crippen LogP contribution in [0.2, 0.25) is 10.0 Å². The molecule has 0 aliphatic carbocycles. The third-order valence-electron chi connectivity index (χ3n) is 5.40. The molecule has 2 aromatic heterocycles. The molecule has 170 valence electrons. The van der Waals surface area contributed by atoms with Gasteiger partial charge in [0.1, 0.15) is 42.7 Å². The smallest absolute Gasteiger partial charge is 0.188 e. The zero-order chi connectivity index (χ0) is 22.9. The Labute approximate surface area is 199 Å². The van der Waals surface area contributed by atoms with E-state index in [1.54, 1.807) is 30.2 Å². The van der Waals surface area contributed by atoms with Crippen molar-refractivity contribution in [1.29, 1.82) is 0 Å². The molecule has 0 radical (unpaired) electrons. The highest BCUT2D eigenvalue weighted by molar-refractivity contribution is 6.44. The molecule has 0 spiro atoms. The van der Waals surface area contributed by atoms with E-state index < -0.39 is 0 Å². The van der Waals surface area contributed by atoms with Crippen LogP contribution < -0.4 is 20.5 Å². The maximum Gasteiger partial charge on any atom is 0.188 e. The zero-order valence-electron chi connectivity index (χ0n) is 17.8. The molecular formula is C22H21Cl2N7O2. The number of aromatic nitrogens is 5. The van der Waals surface area contributed by atoms with Crippen LogP contribution in [0, 0.1) is 0 Å². The highest BCUT2D eigenvalue weighted by Gasteiger charge is 2.25. The monoisotopic (exact) mass is 485 g/mol. The van der Waals surface area contributed by atoms with Gasteiger partial charge in [-0.05, 0) is 19.0 Å². The predicted octanol–water partition coefficient (Wildman–Crippen LogP) is 3.63. The summed E-state index contributed by atoms with van der Waals surface area (Å²) in [5.41, 5.74) is 8.21. The molecule has 9 nitrogen and oxygen atoms in total. The van der Waals surface area contributed by atoms with Crippen LogP contribution in [-0.2, 0) is 13.7 Å². The van der Waals surface area contributed by atoms with Gasteiger partial charge in [0, 0.05) is 25.2 Å². The van der Waals surface area contributed by atoms with E-state index >= 15 is 0 Å². The minimum atomic E-state index is -0.0105. The number of aryl methyl sites for hydroxylation is 1. The number of fused-ring (bicyclic) bond motifs is 1. The minimum Gasteiger partial charge on any atom is -0.488 e. The third kappa shape index (κ3) is 4.27. The number of ether oxygens (including phenoxy) is 2. The number of halogens is 2. The number of nitrogens with zero attached hydrogens (tertiary/aromatic N) is 5. The second-order valence-electron chi connectivity index (χ2n) is 7.69. The first-order valence-corrected chi connectivity index (χ1v) is 11.1. The number of hydrogen-bond donors (Lipinski definition) is 2. The fourth-order valence-electron chi connectivity index (χ4n) is 3.88. The van der Waals surface area contributed by atoms with E-state index in [9.17, 15) is 0 Å². The van der Waals surface area contributed by atoms with Gasteiger partial charge in [-0.1, -0.05) is 35.3 Å². The van der Waals surface area contributed by atoms with Crippen LogP contribution in [0.4, 0.5) is 5.82 Å². The molecule has 0 saturated carbocycles. The van der Waals surface area contributed by atoms with Crippen LogP contribution in [0.3, 0.4) is 0 Å². The molecule has 1 fully saturated rings. The highest BCUT2D eigenvalue weighted by Crippen LogP contribution is 2.46. The Balaban J connectivity index is 1.70. The standard InChI is InChI=1S/C22H21Cl2N7O2/c1-31-11-29-17(30-31)9-32-15-7-16(33-12-5-6-26-8-12)18(13-3-2-4-14(23)20(13)24)21-19(15)22(25)28-10-27-21/h2-4,7,10-12,26H,5-6,8-9H2,1H3,(H2,25,27,28). The molecule has 4 aromatic rings. The number of rotatable bonds is 6. The van der Waals surface area contributed by atoms with Crippen LogP contribution in [-0.4, -0.2) is 43.9 Å². The fraction of sp³-hybridized carbons (Fsp3) is 0.273. The molecule has 5 rings (SSSR count). The minimum absolute atomic E-state index is 0.0105. The summed E-state index contributed by atoms with van der Waals surface area (Å²) in [6, 6.07) is 7.24. The quantitative estimate of drug-likeness (QED) is 0.425. The van der Waals surface area contributed by atoms with Crippen LogP contribution in [0.1, 0.15) is 12.2 Å². The van der Waals surface area contributed by atoms with Gasteiger partial charge in [-0.3, -0.25) is 4.68 Å². The first-order valence-electron chi connectivity index (χ1n) is 10.4. The van der Waals surface area contributed by atoms with Crippen molar-refractivity contribution in [3.63, 3.8) is 0 Å². The Hall–Kier alpha value is -3.14. The van der Waals surface area contributed by atoms with Gasteiger partial charge in [-0.25, -0.2) is 15.0 Å². The summed E-state index contributed by atoms with van der Waals surface area (Å²) >= 11 is 13.0. The van der Waals surface area contributed by atoms with Gasteiger partial charge < -0.3 is 20.5 Å². The molecular weight excluding hydrogens is 465 g/mol. The van der Waals surface area contributed by atoms with E-state index in [0.29, 0.717) is 49.4 Å². The Morgan fingerprint density at radius 2 is 2.09 bits per heavy atom. The van der Waals surface area contributed by atoms with Gasteiger partial charge in [0.05, 0.1) is 26.5 Å². The molecule has 33 heavy (non-hydrogen) atoms. The number of hydrogen-bond acceptors (Lipinski definition) is 8. The second-order valence-corrected chi connectivity index (χ2v) is 8.47. The van der Waals surface area contributed by atoms with Gasteiger partial charge in [0.15, 0.2) is 5.82 Å². The first-order chi connectivity index (χ1) is 16.0. The summed E-state index contributed by atoms with van der Waals surface area (Å²) < 4.78 is 14.1. The van der Waals surface area contributed by atoms with Gasteiger partial charge in [-0.15, -0.1) is 0 Å². The second kappa shape index (κ2) is 9.01. The van der Waals surface area contributed by atoms with Crippen molar-refractivity contribution in [3.8, 4) is 22.6 Å². The molecule has 2 aromatic carbocycles. The fourth-order valence-corrected chi connectivity index (χ4v) is 4.27. The van der Waals surface area contributed by atoms with Crippen molar-refractivity contribution >= 4 is 39.9 Å². The molecule has 3 heterocycles. The van der Waals surface area contributed by atoms with Crippen LogP contribution >= 0.6 is 23.2 Å². The van der Waals surface area contributed by atoms with Crippen LogP contribution in [0.5, 0.6) is 11.5 Å². The number of nitrogens with two attached hydrogens (primary N) is 1. The molecule has 11 heteroatoms. The molecule has 3 N–H and O–H groups in total. The number of nitrogen functional groups attached to an aromatic ring is 1. The molecule has 1 aliphatic heterocycles. The lowest BCUT2D eigenvalue weighted by atomic mass is 10.00. The lowest BCUT2D eigenvalue weighted by Gasteiger charge is -2.21. The first kappa shape index (κ1) is 21.7. The summed E-state index contributed by atoms with van der Waals surface area (Å²) in [7, 11) is 1.79. The van der Waals surface area contributed by atoms with Crippen molar-refractivity contribution in [1.82, 2.24) is 30.0 Å². The number of anilines is 1. The number of nitrogens with one attached hydrogen (secondary N) is 1. The average Bonchev–Trinajstić information content (AvgIpc) is 3.46. The Morgan fingerprint density at radius 1 is 1.21 bits per heavy atom. The van der Waals surface area contributed by atoms with Gasteiger partial charge in [-0.2, -0.15) is 5.10 Å². The maximum atomic E-state index is 6.62. The topological polar surface area (TPSA) is 113 Å². The largest absolute Gasteiger partial charge is 0.488 e. The number of benzene rings is 2. The summed E-state index contributed by atoms with van der Waals surface area (Å²) in [6.07, 6.45) is 3.88. The molecule has 1 atom stereocenters. The van der Waals surface area contributed by atoms with Crippen LogP contribution in [0.15, 0.2) is 36.9 Å². The third-order valence-corrected chi connectivity index (χ3v) is 6.22. The molecule has 0 amide bonds. The summed E-state index contributed by atoms with van der Waals surface area (Å²) in [4.78, 5) is 12.9. The van der Waals surface area contributed by atoms with Crippen molar-refractivity contribution < 1.29 is 9.47 Å². The van der Waals surface area contributed by atoms with E-state index in [-0.39, 0.29) is 18.5 Å². The Bertz CT molecular complexity index is 1320. The molecule has 1 saturated heterocycles. The zero-order valence-corrected chi connectivity index (χ0v) is 19.3. The Morgan fingerprint density at radius 3 is 2.85 bits per heavy atom. The van der Waals surface area contributed by atoms with Gasteiger partial charge in [0.2, 0.25) is 0 Å². The van der Waals surface area contributed by atoms with E-state index in [0.717, 1.165) is 19.5 Å². The van der Waals surface area contributed by atoms with E-state index in [1.807, 2.05) is 12.1 Å². The van der Waals surface area contributed by atoms with E-state index in [2.05, 4.69) is 25.4 Å². The van der Waals surface area contributed by atoms with Crippen molar-refractivity contribution in [2.45, 2.75) is 19.1 Å². The van der Waals surface area contributed by atoms with E-state index in [4.69, 9.17) is 38.4 Å². The Kier molecular flexibility index (Phi) is 5.92. The normalized spacial score (nSPS) is 15.8. The van der Waals surface area contributed by atoms with Crippen LogP contribution in [0.25, 0.3) is 22.0 Å². The molecule has 1 aliphatic rings. The van der Waals surface area contributed by atoms with Crippen molar-refractivity contribution in [2.75, 3.05) is 18.8 Å². The SMILES string of the molecule is Cn1cnc(COc2cc(OC3CCNC3)c(-c3cccc(Cl)c3Cl)c3ncnc(N)c23)n1. The maximum absolute atomic E-state index is 6.62. The predicted molar refractivity (Wildman–Crippen MR) is 127 cm³/mol. The highest BCUT2D eigenvalue weighted by atomic mass is 35.5. The lowest BCUT2D eigenvalue weighted by molar-refractivity contribution is 0.222. The lowest BCUT2D eigenvalue weighted by Crippen LogP contribution is -2.20. The van der Waals surface area contributed by atoms with Gasteiger partial charge >= 0.3 is 0 Å².